The predicted octanol–water partition coefficient (Wildman–Crippen LogP) is 2.00. The normalized spacial score (nSPS) is 11.5. The van der Waals surface area contributed by atoms with Crippen LogP contribution in [0.25, 0.3) is 0 Å². The lowest BCUT2D eigenvalue weighted by Crippen LogP contribution is -2.24. The van der Waals surface area contributed by atoms with Gasteiger partial charge in [0.15, 0.2) is 0 Å². The third-order valence-corrected chi connectivity index (χ3v) is 2.52. The average Bonchev–Trinajstić information content (AvgIpc) is 2.26. The molecule has 2 N–H and O–H groups in total. The van der Waals surface area contributed by atoms with E-state index in [-0.39, 0.29) is 12.0 Å². The van der Waals surface area contributed by atoms with Gasteiger partial charge in [-0.05, 0) is 30.7 Å². The topological polar surface area (TPSA) is 58.0 Å². The predicted molar refractivity (Wildman–Crippen MR) is 65.4 cm³/mol. The van der Waals surface area contributed by atoms with E-state index in [1.807, 2.05) is 6.92 Å². The number of aromatic nitrogens is 2. The molecule has 0 bridgehead atoms. The Labute approximate surface area is 97.1 Å². The molecule has 0 fully saturated rings. The monoisotopic (exact) mass is 223 g/mol. The maximum absolute atomic E-state index is 8.80. The first kappa shape index (κ1) is 12.9. The SMILES string of the molecule is Cc1cnc(NCC(C)(C)CCCO)nc1. The molecular formula is C12H21N3O. The van der Waals surface area contributed by atoms with Gasteiger partial charge in [-0.15, -0.1) is 0 Å². The fourth-order valence-electron chi connectivity index (χ4n) is 1.45. The lowest BCUT2D eigenvalue weighted by molar-refractivity contribution is 0.247. The smallest absolute Gasteiger partial charge is 0.222 e. The fraction of sp³-hybridized carbons (Fsp3) is 0.667. The molecule has 0 saturated carbocycles. The highest BCUT2D eigenvalue weighted by Gasteiger charge is 2.17. The number of hydrogen-bond acceptors (Lipinski definition) is 4. The highest BCUT2D eigenvalue weighted by atomic mass is 16.2. The van der Waals surface area contributed by atoms with Crippen molar-refractivity contribution >= 4 is 5.95 Å². The Morgan fingerprint density at radius 3 is 2.50 bits per heavy atom. The van der Waals surface area contributed by atoms with Gasteiger partial charge in [0.1, 0.15) is 0 Å². The van der Waals surface area contributed by atoms with Crippen molar-refractivity contribution < 1.29 is 5.11 Å². The van der Waals surface area contributed by atoms with Gasteiger partial charge in [-0.1, -0.05) is 13.8 Å². The second kappa shape index (κ2) is 5.80. The first-order valence-electron chi connectivity index (χ1n) is 5.67. The van der Waals surface area contributed by atoms with Crippen molar-refractivity contribution in [2.24, 2.45) is 5.41 Å². The molecule has 16 heavy (non-hydrogen) atoms. The number of nitrogens with zero attached hydrogens (tertiary/aromatic N) is 2. The number of rotatable bonds is 6. The molecule has 90 valence electrons. The van der Waals surface area contributed by atoms with Crippen LogP contribution in [0.3, 0.4) is 0 Å². The quantitative estimate of drug-likeness (QED) is 0.774. The van der Waals surface area contributed by atoms with Gasteiger partial charge in [0.05, 0.1) is 0 Å². The maximum atomic E-state index is 8.80. The standard InChI is InChI=1S/C12H21N3O/c1-10-7-13-11(14-8-10)15-9-12(2,3)5-4-6-16/h7-8,16H,4-6,9H2,1-3H3,(H,13,14,15). The van der Waals surface area contributed by atoms with Crippen LogP contribution in [0.1, 0.15) is 32.3 Å². The largest absolute Gasteiger partial charge is 0.396 e. The first-order valence-corrected chi connectivity index (χ1v) is 5.67. The number of aliphatic hydroxyl groups excluding tert-OH is 1. The lowest BCUT2D eigenvalue weighted by atomic mass is 9.88. The first-order chi connectivity index (χ1) is 7.53. The van der Waals surface area contributed by atoms with E-state index in [2.05, 4.69) is 29.1 Å². The van der Waals surface area contributed by atoms with Crippen molar-refractivity contribution in [3.63, 3.8) is 0 Å². The van der Waals surface area contributed by atoms with Crippen LogP contribution in [-0.4, -0.2) is 28.2 Å². The van der Waals surface area contributed by atoms with Crippen LogP contribution in [0.15, 0.2) is 12.4 Å². The Morgan fingerprint density at radius 2 is 1.94 bits per heavy atom. The van der Waals surface area contributed by atoms with E-state index in [9.17, 15) is 0 Å². The van der Waals surface area contributed by atoms with Crippen LogP contribution in [0.5, 0.6) is 0 Å². The molecule has 4 heteroatoms. The summed E-state index contributed by atoms with van der Waals surface area (Å²) in [5.41, 5.74) is 1.21. The maximum Gasteiger partial charge on any atom is 0.222 e. The van der Waals surface area contributed by atoms with Crippen LogP contribution in [0.4, 0.5) is 5.95 Å². The molecule has 0 saturated heterocycles. The van der Waals surface area contributed by atoms with Crippen molar-refractivity contribution in [2.45, 2.75) is 33.6 Å². The highest BCUT2D eigenvalue weighted by molar-refractivity contribution is 5.24. The highest BCUT2D eigenvalue weighted by Crippen LogP contribution is 2.21. The number of nitrogens with one attached hydrogen (secondary N) is 1. The van der Waals surface area contributed by atoms with E-state index < -0.39 is 0 Å². The van der Waals surface area contributed by atoms with Gasteiger partial charge in [0.2, 0.25) is 5.95 Å². The minimum absolute atomic E-state index is 0.150. The summed E-state index contributed by atoms with van der Waals surface area (Å²) in [6.45, 7) is 7.38. The lowest BCUT2D eigenvalue weighted by Gasteiger charge is -2.24. The Morgan fingerprint density at radius 1 is 1.31 bits per heavy atom. The molecule has 1 aromatic heterocycles. The minimum Gasteiger partial charge on any atom is -0.396 e. The third-order valence-electron chi connectivity index (χ3n) is 2.52. The average molecular weight is 223 g/mol. The van der Waals surface area contributed by atoms with Crippen LogP contribution >= 0.6 is 0 Å². The molecular weight excluding hydrogens is 202 g/mol. The van der Waals surface area contributed by atoms with Gasteiger partial charge < -0.3 is 10.4 Å². The van der Waals surface area contributed by atoms with Gasteiger partial charge in [-0.2, -0.15) is 0 Å². The summed E-state index contributed by atoms with van der Waals surface area (Å²) in [6, 6.07) is 0. The Bertz CT molecular complexity index is 309. The zero-order valence-electron chi connectivity index (χ0n) is 10.3. The molecule has 0 atom stereocenters. The van der Waals surface area contributed by atoms with Gasteiger partial charge in [-0.25, -0.2) is 9.97 Å². The Hall–Kier alpha value is -1.16. The molecule has 0 aliphatic heterocycles. The summed E-state index contributed by atoms with van der Waals surface area (Å²) in [4.78, 5) is 8.38. The third kappa shape index (κ3) is 4.57. The van der Waals surface area contributed by atoms with Crippen LogP contribution in [0.2, 0.25) is 0 Å². The molecule has 1 aromatic rings. The summed E-state index contributed by atoms with van der Waals surface area (Å²) in [6.07, 6.45) is 5.43. The van der Waals surface area contributed by atoms with Gasteiger partial charge >= 0.3 is 0 Å². The number of hydrogen-bond donors (Lipinski definition) is 2. The van der Waals surface area contributed by atoms with E-state index in [1.54, 1.807) is 12.4 Å². The van der Waals surface area contributed by atoms with Crippen LogP contribution in [0, 0.1) is 12.3 Å². The minimum atomic E-state index is 0.150. The molecule has 0 aromatic carbocycles. The second-order valence-electron chi connectivity index (χ2n) is 4.93. The Kier molecular flexibility index (Phi) is 4.68. The van der Waals surface area contributed by atoms with Crippen molar-refractivity contribution in [1.29, 1.82) is 0 Å². The summed E-state index contributed by atoms with van der Waals surface area (Å²) in [5, 5.41) is 12.0. The summed E-state index contributed by atoms with van der Waals surface area (Å²) in [5.74, 6) is 0.669. The summed E-state index contributed by atoms with van der Waals surface area (Å²) >= 11 is 0. The van der Waals surface area contributed by atoms with E-state index >= 15 is 0 Å². The summed E-state index contributed by atoms with van der Waals surface area (Å²) < 4.78 is 0. The van der Waals surface area contributed by atoms with Crippen LogP contribution in [-0.2, 0) is 0 Å². The van der Waals surface area contributed by atoms with E-state index in [4.69, 9.17) is 5.11 Å². The van der Waals surface area contributed by atoms with Crippen molar-refractivity contribution in [2.75, 3.05) is 18.5 Å². The number of aryl methyl sites for hydroxylation is 1. The van der Waals surface area contributed by atoms with Crippen molar-refractivity contribution in [3.8, 4) is 0 Å². The molecule has 0 spiro atoms. The van der Waals surface area contributed by atoms with E-state index in [0.29, 0.717) is 5.95 Å². The molecule has 0 unspecified atom stereocenters. The van der Waals surface area contributed by atoms with Gasteiger partial charge in [-0.3, -0.25) is 0 Å². The second-order valence-corrected chi connectivity index (χ2v) is 4.93. The Balaban J connectivity index is 2.41. The fourth-order valence-corrected chi connectivity index (χ4v) is 1.45. The van der Waals surface area contributed by atoms with Crippen molar-refractivity contribution in [1.82, 2.24) is 9.97 Å². The molecule has 1 rings (SSSR count). The number of anilines is 1. The molecule has 0 amide bonds. The zero-order chi connectivity index (χ0) is 12.0. The summed E-state index contributed by atoms with van der Waals surface area (Å²) in [7, 11) is 0. The molecule has 0 radical (unpaired) electrons. The van der Waals surface area contributed by atoms with E-state index in [0.717, 1.165) is 24.9 Å². The molecule has 0 aliphatic rings. The van der Waals surface area contributed by atoms with Crippen LogP contribution < -0.4 is 5.32 Å². The van der Waals surface area contributed by atoms with Gasteiger partial charge in [0.25, 0.3) is 0 Å². The molecule has 0 aliphatic carbocycles. The van der Waals surface area contributed by atoms with Gasteiger partial charge in [0, 0.05) is 25.5 Å². The zero-order valence-corrected chi connectivity index (χ0v) is 10.3. The van der Waals surface area contributed by atoms with E-state index in [1.165, 1.54) is 0 Å². The molecule has 4 nitrogen and oxygen atoms in total. The molecule has 1 heterocycles. The van der Waals surface area contributed by atoms with Crippen molar-refractivity contribution in [3.05, 3.63) is 18.0 Å². The number of aliphatic hydroxyl groups is 1.